The van der Waals surface area contributed by atoms with Gasteiger partial charge in [0.1, 0.15) is 5.75 Å². The van der Waals surface area contributed by atoms with Crippen molar-refractivity contribution >= 4 is 19.3 Å². The molecular weight excluding hydrogens is 304 g/mol. The van der Waals surface area contributed by atoms with E-state index >= 15 is 0 Å². The highest BCUT2D eigenvalue weighted by Gasteiger charge is 2.36. The molecule has 0 aliphatic heterocycles. The van der Waals surface area contributed by atoms with Gasteiger partial charge in [0, 0.05) is 11.8 Å². The fourth-order valence-electron chi connectivity index (χ4n) is 3.62. The molecule has 0 amide bonds. The highest BCUT2D eigenvalue weighted by molar-refractivity contribution is 6.64. The summed E-state index contributed by atoms with van der Waals surface area (Å²) in [5.41, 5.74) is 2.41. The van der Waals surface area contributed by atoms with Crippen LogP contribution in [-0.2, 0) is 15.3 Å². The van der Waals surface area contributed by atoms with Crippen LogP contribution in [0.15, 0.2) is 30.3 Å². The first-order valence-corrected chi connectivity index (χ1v) is 11.0. The van der Waals surface area contributed by atoms with Gasteiger partial charge in [-0.2, -0.15) is 0 Å². The van der Waals surface area contributed by atoms with E-state index in [-0.39, 0.29) is 11.7 Å². The van der Waals surface area contributed by atoms with Gasteiger partial charge in [-0.05, 0) is 56.4 Å². The molecule has 0 saturated heterocycles. The molecular formula is C19H26O3Si. The number of hydrogen-bond acceptors (Lipinski definition) is 3. The summed E-state index contributed by atoms with van der Waals surface area (Å²) in [5, 5.41) is 2.46. The molecule has 0 radical (unpaired) electrons. The van der Waals surface area contributed by atoms with E-state index in [2.05, 4.69) is 64.2 Å². The van der Waals surface area contributed by atoms with Crippen LogP contribution in [0.4, 0.5) is 0 Å². The van der Waals surface area contributed by atoms with E-state index in [1.807, 2.05) is 0 Å². The Morgan fingerprint density at radius 1 is 1.09 bits per heavy atom. The molecule has 4 heteroatoms. The average molecular weight is 331 g/mol. The number of methoxy groups -OCH3 is 1. The Morgan fingerprint density at radius 3 is 2.48 bits per heavy atom. The van der Waals surface area contributed by atoms with Crippen LogP contribution >= 0.6 is 0 Å². The van der Waals surface area contributed by atoms with Crippen molar-refractivity contribution in [3.63, 3.8) is 0 Å². The molecule has 3 rings (SSSR count). The molecule has 124 valence electrons. The van der Waals surface area contributed by atoms with Gasteiger partial charge < -0.3 is 13.6 Å². The second kappa shape index (κ2) is 5.62. The summed E-state index contributed by atoms with van der Waals surface area (Å²) in [7, 11) is -0.490. The van der Waals surface area contributed by atoms with Crippen molar-refractivity contribution in [2.75, 3.05) is 7.11 Å². The Labute approximate surface area is 139 Å². The van der Waals surface area contributed by atoms with Crippen molar-refractivity contribution < 1.29 is 13.6 Å². The minimum atomic E-state index is -2.21. The lowest BCUT2D eigenvalue weighted by atomic mass is 10.0. The largest absolute Gasteiger partial charge is 0.496 e. The monoisotopic (exact) mass is 330 g/mol. The van der Waals surface area contributed by atoms with Gasteiger partial charge in [0.05, 0.1) is 18.8 Å². The molecule has 0 N–H and O–H groups in total. The Bertz CT molecular complexity index is 731. The summed E-state index contributed by atoms with van der Waals surface area (Å²) in [6.07, 6.45) is 0.980. The average Bonchev–Trinajstić information content (AvgIpc) is 2.76. The van der Waals surface area contributed by atoms with Crippen LogP contribution in [0.3, 0.4) is 0 Å². The highest BCUT2D eigenvalue weighted by atomic mass is 28.4. The number of hydrogen-bond donors (Lipinski definition) is 0. The first-order chi connectivity index (χ1) is 10.7. The molecule has 1 aliphatic carbocycles. The third-order valence-corrected chi connectivity index (χ3v) is 6.03. The summed E-state index contributed by atoms with van der Waals surface area (Å²) >= 11 is 0. The summed E-state index contributed by atoms with van der Waals surface area (Å²) < 4.78 is 18.2. The highest BCUT2D eigenvalue weighted by Crippen LogP contribution is 2.43. The molecule has 2 aromatic carbocycles. The van der Waals surface area contributed by atoms with Gasteiger partial charge in [0.15, 0.2) is 0 Å². The topological polar surface area (TPSA) is 27.7 Å². The fraction of sp³-hybridized carbons (Fsp3) is 0.474. The SMILES string of the molecule is COc1ccc2c3c(cccc13)[C@@H](O[Si](C)(C)OC(C)(C)C)C2. The smallest absolute Gasteiger partial charge is 0.332 e. The summed E-state index contributed by atoms with van der Waals surface area (Å²) in [6.45, 7) is 10.5. The van der Waals surface area contributed by atoms with Crippen LogP contribution in [0.25, 0.3) is 10.8 Å². The molecule has 0 bridgehead atoms. The van der Waals surface area contributed by atoms with Crippen LogP contribution in [0, 0.1) is 0 Å². The van der Waals surface area contributed by atoms with E-state index in [4.69, 9.17) is 13.6 Å². The minimum absolute atomic E-state index is 0.0739. The van der Waals surface area contributed by atoms with Crippen molar-refractivity contribution in [2.24, 2.45) is 0 Å². The second-order valence-corrected chi connectivity index (χ2v) is 10.9. The summed E-state index contributed by atoms with van der Waals surface area (Å²) in [4.78, 5) is 0. The third kappa shape index (κ3) is 3.30. The maximum atomic E-state index is 6.50. The molecule has 0 saturated carbocycles. The van der Waals surface area contributed by atoms with E-state index in [1.54, 1.807) is 7.11 Å². The Balaban J connectivity index is 1.94. The molecule has 3 nitrogen and oxygen atoms in total. The fourth-order valence-corrected chi connectivity index (χ4v) is 6.04. The second-order valence-electron chi connectivity index (χ2n) is 7.62. The van der Waals surface area contributed by atoms with Crippen LogP contribution in [-0.4, -0.2) is 21.3 Å². The quantitative estimate of drug-likeness (QED) is 0.740. The molecule has 0 spiro atoms. The molecule has 0 heterocycles. The number of rotatable bonds is 4. The maximum absolute atomic E-state index is 6.50. The predicted octanol–water partition coefficient (Wildman–Crippen LogP) is 4.98. The zero-order valence-corrected chi connectivity index (χ0v) is 15.9. The molecule has 0 aromatic heterocycles. The van der Waals surface area contributed by atoms with Crippen LogP contribution in [0.5, 0.6) is 5.75 Å². The van der Waals surface area contributed by atoms with Gasteiger partial charge in [0.2, 0.25) is 0 Å². The zero-order valence-electron chi connectivity index (χ0n) is 14.9. The molecule has 2 aromatic rings. The lowest BCUT2D eigenvalue weighted by molar-refractivity contribution is 0.0483. The van der Waals surface area contributed by atoms with Crippen molar-refractivity contribution in [3.8, 4) is 5.75 Å². The maximum Gasteiger partial charge on any atom is 0.332 e. The number of benzene rings is 2. The molecule has 1 atom stereocenters. The predicted molar refractivity (Wildman–Crippen MR) is 96.4 cm³/mol. The van der Waals surface area contributed by atoms with Crippen molar-refractivity contribution in [1.82, 2.24) is 0 Å². The minimum Gasteiger partial charge on any atom is -0.496 e. The van der Waals surface area contributed by atoms with Gasteiger partial charge in [-0.3, -0.25) is 0 Å². The number of ether oxygens (including phenoxy) is 1. The molecule has 1 aliphatic rings. The van der Waals surface area contributed by atoms with E-state index in [9.17, 15) is 0 Å². The lowest BCUT2D eigenvalue weighted by Crippen LogP contribution is -2.43. The zero-order chi connectivity index (χ0) is 16.8. The van der Waals surface area contributed by atoms with Crippen LogP contribution < -0.4 is 4.74 Å². The Kier molecular flexibility index (Phi) is 4.03. The van der Waals surface area contributed by atoms with Gasteiger partial charge in [-0.15, -0.1) is 0 Å². The normalized spacial score (nSPS) is 17.7. The first-order valence-electron chi connectivity index (χ1n) is 8.17. The standard InChI is InChI=1S/C19H26O3Si/c1-19(2,3)22-23(5,6)21-17-12-13-10-11-16(20-4)14-8-7-9-15(17)18(13)14/h7-11,17H,12H2,1-6H3/t17-/m0/s1. The van der Waals surface area contributed by atoms with Crippen LogP contribution in [0.2, 0.25) is 13.1 Å². The third-order valence-electron chi connectivity index (χ3n) is 4.07. The Hall–Kier alpha value is -1.36. The van der Waals surface area contributed by atoms with E-state index < -0.39 is 8.56 Å². The van der Waals surface area contributed by atoms with Crippen molar-refractivity contribution in [1.29, 1.82) is 0 Å². The first kappa shape index (κ1) is 16.5. The molecule has 0 fully saturated rings. The summed E-state index contributed by atoms with van der Waals surface area (Å²) in [5.74, 6) is 0.925. The van der Waals surface area contributed by atoms with Gasteiger partial charge in [0.25, 0.3) is 0 Å². The van der Waals surface area contributed by atoms with E-state index in [1.165, 1.54) is 21.9 Å². The van der Waals surface area contributed by atoms with Gasteiger partial charge >= 0.3 is 8.56 Å². The van der Waals surface area contributed by atoms with E-state index in [0.717, 1.165) is 12.2 Å². The Morgan fingerprint density at radius 2 is 1.83 bits per heavy atom. The van der Waals surface area contributed by atoms with Crippen molar-refractivity contribution in [3.05, 3.63) is 41.5 Å². The molecule has 23 heavy (non-hydrogen) atoms. The van der Waals surface area contributed by atoms with E-state index in [0.29, 0.717) is 0 Å². The summed E-state index contributed by atoms with van der Waals surface area (Å²) in [6, 6.07) is 10.6. The van der Waals surface area contributed by atoms with Crippen molar-refractivity contribution in [2.45, 2.75) is 52.0 Å². The van der Waals surface area contributed by atoms with Crippen LogP contribution in [0.1, 0.15) is 38.0 Å². The molecule has 0 unspecified atom stereocenters. The van der Waals surface area contributed by atoms with Gasteiger partial charge in [-0.25, -0.2) is 0 Å². The van der Waals surface area contributed by atoms with Gasteiger partial charge in [-0.1, -0.05) is 24.3 Å². The lowest BCUT2D eigenvalue weighted by Gasteiger charge is -2.34.